The monoisotopic (exact) mass is 389 g/mol. The number of hydrogen-bond acceptors (Lipinski definition) is 4. The van der Waals surface area contributed by atoms with Crippen LogP contribution in [-0.4, -0.2) is 15.4 Å². The maximum Gasteiger partial charge on any atom is 0.254 e. The Morgan fingerprint density at radius 1 is 1.42 bits per heavy atom. The van der Waals surface area contributed by atoms with Gasteiger partial charge in [0.2, 0.25) is 0 Å². The molecule has 0 unspecified atom stereocenters. The first-order valence-electron chi connectivity index (χ1n) is 5.71. The molecule has 2 heterocycles. The van der Waals surface area contributed by atoms with Crippen LogP contribution in [0.1, 0.15) is 13.8 Å². The Balaban J connectivity index is 0.00000180. The number of ether oxygens (including phenoxy) is 1. The highest BCUT2D eigenvalue weighted by molar-refractivity contribution is 6.99. The van der Waals surface area contributed by atoms with Crippen LogP contribution < -0.4 is 33.3 Å². The quantitative estimate of drug-likeness (QED) is 0.398. The fourth-order valence-corrected chi connectivity index (χ4v) is 1.99. The first-order chi connectivity index (χ1) is 8.66. The second-order valence-electron chi connectivity index (χ2n) is 4.27. The highest BCUT2D eigenvalue weighted by atomic mass is 127. The molecule has 0 amide bonds. The molecule has 0 aliphatic heterocycles. The summed E-state index contributed by atoms with van der Waals surface area (Å²) in [5.41, 5.74) is 3.05. The summed E-state index contributed by atoms with van der Waals surface area (Å²) in [6.45, 7) is 4.61. The molecule has 0 bridgehead atoms. The molecule has 0 radical (unpaired) electrons. The van der Waals surface area contributed by atoms with E-state index in [1.54, 1.807) is 0 Å². The van der Waals surface area contributed by atoms with E-state index in [0.717, 1.165) is 11.3 Å². The van der Waals surface area contributed by atoms with Crippen molar-refractivity contribution < 1.29 is 33.3 Å². The van der Waals surface area contributed by atoms with Crippen LogP contribution in [0.2, 0.25) is 0 Å². The number of halogens is 1. The van der Waals surface area contributed by atoms with E-state index < -0.39 is 0 Å². The third-order valence-corrected chi connectivity index (χ3v) is 2.89. The Bertz CT molecular complexity index is 565. The summed E-state index contributed by atoms with van der Waals surface area (Å²) >= 11 is 1.17. The van der Waals surface area contributed by atoms with Crippen LogP contribution in [-0.2, 0) is 7.05 Å². The van der Waals surface area contributed by atoms with Crippen LogP contribution >= 0.6 is 11.7 Å². The molecule has 0 aliphatic carbocycles. The zero-order valence-corrected chi connectivity index (χ0v) is 14.1. The van der Waals surface area contributed by atoms with Crippen molar-refractivity contribution in [2.24, 2.45) is 7.05 Å². The predicted octanol–water partition coefficient (Wildman–Crippen LogP) is -0.621. The van der Waals surface area contributed by atoms with Gasteiger partial charge in [0.25, 0.3) is 5.88 Å². The molecular formula is C13H16IN3OS. The lowest BCUT2D eigenvalue weighted by Crippen LogP contribution is -3.00. The van der Waals surface area contributed by atoms with Crippen molar-refractivity contribution in [1.82, 2.24) is 8.75 Å². The van der Waals surface area contributed by atoms with Crippen LogP contribution in [0.5, 0.6) is 5.88 Å². The summed E-state index contributed by atoms with van der Waals surface area (Å²) in [4.78, 5) is 0. The van der Waals surface area contributed by atoms with Crippen molar-refractivity contribution in [1.29, 1.82) is 0 Å². The second-order valence-corrected chi connectivity index (χ2v) is 4.80. The summed E-state index contributed by atoms with van der Waals surface area (Å²) in [6.07, 6.45) is 6.01. The van der Waals surface area contributed by atoms with Gasteiger partial charge in [-0.05, 0) is 26.0 Å². The average molecular weight is 389 g/mol. The fourth-order valence-electron chi connectivity index (χ4n) is 1.47. The van der Waals surface area contributed by atoms with Gasteiger partial charge in [0.05, 0.1) is 17.3 Å². The van der Waals surface area contributed by atoms with Gasteiger partial charge in [-0.15, -0.1) is 4.37 Å². The minimum absolute atomic E-state index is 0. The maximum absolute atomic E-state index is 5.63. The Labute approximate surface area is 134 Å². The normalized spacial score (nSPS) is 9.63. The van der Waals surface area contributed by atoms with E-state index in [4.69, 9.17) is 4.74 Å². The van der Waals surface area contributed by atoms with E-state index in [2.05, 4.69) is 8.75 Å². The highest BCUT2D eigenvalue weighted by Gasteiger charge is 2.13. The summed E-state index contributed by atoms with van der Waals surface area (Å²) in [6, 6.07) is 3.99. The summed E-state index contributed by atoms with van der Waals surface area (Å²) in [5, 5.41) is 0. The number of allylic oxidation sites excluding steroid dienone is 1. The minimum Gasteiger partial charge on any atom is -1.00 e. The van der Waals surface area contributed by atoms with Crippen molar-refractivity contribution in [3.63, 3.8) is 0 Å². The number of aryl methyl sites for hydroxylation is 1. The van der Waals surface area contributed by atoms with Gasteiger partial charge in [0.15, 0.2) is 18.1 Å². The zero-order valence-electron chi connectivity index (χ0n) is 11.1. The van der Waals surface area contributed by atoms with Crippen LogP contribution in [0.15, 0.2) is 36.2 Å². The van der Waals surface area contributed by atoms with Crippen molar-refractivity contribution in [2.75, 3.05) is 6.61 Å². The van der Waals surface area contributed by atoms with Gasteiger partial charge < -0.3 is 28.7 Å². The smallest absolute Gasteiger partial charge is 0.254 e. The lowest BCUT2D eigenvalue weighted by Gasteiger charge is -2.01. The number of aromatic nitrogens is 3. The van der Waals surface area contributed by atoms with Crippen LogP contribution in [0.25, 0.3) is 11.3 Å². The minimum atomic E-state index is 0. The summed E-state index contributed by atoms with van der Waals surface area (Å²) in [5.74, 6) is 0.601. The largest absolute Gasteiger partial charge is 1.00 e. The third kappa shape index (κ3) is 4.54. The van der Waals surface area contributed by atoms with Crippen LogP contribution in [0, 0.1) is 0 Å². The summed E-state index contributed by atoms with van der Waals surface area (Å²) < 4.78 is 16.1. The van der Waals surface area contributed by atoms with E-state index in [1.165, 1.54) is 17.3 Å². The number of hydrogen-bond donors (Lipinski definition) is 0. The van der Waals surface area contributed by atoms with E-state index in [0.29, 0.717) is 12.5 Å². The Kier molecular flexibility index (Phi) is 6.36. The fraction of sp³-hybridized carbons (Fsp3) is 0.308. The molecule has 19 heavy (non-hydrogen) atoms. The van der Waals surface area contributed by atoms with E-state index in [1.807, 2.05) is 56.1 Å². The third-order valence-electron chi connectivity index (χ3n) is 2.38. The maximum atomic E-state index is 5.63. The molecule has 4 nitrogen and oxygen atoms in total. The Morgan fingerprint density at radius 3 is 2.89 bits per heavy atom. The summed E-state index contributed by atoms with van der Waals surface area (Å²) in [7, 11) is 1.98. The van der Waals surface area contributed by atoms with E-state index >= 15 is 0 Å². The van der Waals surface area contributed by atoms with Gasteiger partial charge in [0.1, 0.15) is 13.7 Å². The topological polar surface area (TPSA) is 38.9 Å². The molecule has 2 aromatic heterocycles. The van der Waals surface area contributed by atoms with E-state index in [9.17, 15) is 0 Å². The molecule has 102 valence electrons. The van der Waals surface area contributed by atoms with Crippen molar-refractivity contribution in [3.05, 3.63) is 36.2 Å². The van der Waals surface area contributed by atoms with Gasteiger partial charge in [-0.2, -0.15) is 4.37 Å². The Morgan fingerprint density at radius 2 is 2.21 bits per heavy atom. The first-order valence-corrected chi connectivity index (χ1v) is 6.44. The molecule has 0 aromatic carbocycles. The van der Waals surface area contributed by atoms with Gasteiger partial charge in [-0.3, -0.25) is 0 Å². The molecule has 2 aromatic rings. The molecule has 6 heteroatoms. The molecule has 0 aliphatic rings. The zero-order chi connectivity index (χ0) is 13.0. The molecule has 0 N–H and O–H groups in total. The predicted molar refractivity (Wildman–Crippen MR) is 71.4 cm³/mol. The SMILES string of the molecule is CC(C)=CCOc1nsnc1-c1ccc[n+](C)c1.[I-]. The molecule has 0 spiro atoms. The van der Waals surface area contributed by atoms with Crippen molar-refractivity contribution in [2.45, 2.75) is 13.8 Å². The molecule has 0 fully saturated rings. The average Bonchev–Trinajstić information content (AvgIpc) is 2.77. The number of nitrogens with zero attached hydrogens (tertiary/aromatic N) is 3. The Hall–Kier alpha value is -1.02. The van der Waals surface area contributed by atoms with Crippen LogP contribution in [0.4, 0.5) is 0 Å². The van der Waals surface area contributed by atoms with Gasteiger partial charge in [-0.1, -0.05) is 5.57 Å². The molecule has 0 saturated carbocycles. The first kappa shape index (κ1) is 16.0. The molecule has 0 saturated heterocycles. The lowest BCUT2D eigenvalue weighted by molar-refractivity contribution is -0.671. The van der Waals surface area contributed by atoms with Crippen molar-refractivity contribution >= 4 is 11.7 Å². The van der Waals surface area contributed by atoms with Gasteiger partial charge >= 0.3 is 0 Å². The van der Waals surface area contributed by atoms with Crippen molar-refractivity contribution in [3.8, 4) is 17.1 Å². The van der Waals surface area contributed by atoms with E-state index in [-0.39, 0.29) is 24.0 Å². The van der Waals surface area contributed by atoms with Crippen LogP contribution in [0.3, 0.4) is 0 Å². The standard InChI is InChI=1S/C13H16N3OS.HI/c1-10(2)6-8-17-13-12(14-18-15-13)11-5-4-7-16(3)9-11;/h4-7,9H,8H2,1-3H3;1H/q+1;/p-1. The van der Waals surface area contributed by atoms with Gasteiger partial charge in [-0.25, -0.2) is 4.57 Å². The lowest BCUT2D eigenvalue weighted by atomic mass is 10.2. The molecular weight excluding hydrogens is 373 g/mol. The molecule has 2 rings (SSSR count). The number of rotatable bonds is 4. The highest BCUT2D eigenvalue weighted by Crippen LogP contribution is 2.26. The second kappa shape index (κ2) is 7.54. The number of pyridine rings is 1. The van der Waals surface area contributed by atoms with Gasteiger partial charge in [0, 0.05) is 6.07 Å². The molecule has 0 atom stereocenters.